The summed E-state index contributed by atoms with van der Waals surface area (Å²) < 4.78 is 10.7. The second-order valence-electron chi connectivity index (χ2n) is 4.79. The summed E-state index contributed by atoms with van der Waals surface area (Å²) in [5.74, 6) is 0.512. The number of ether oxygens (including phenoxy) is 2. The van der Waals surface area contributed by atoms with Crippen LogP contribution in [-0.4, -0.2) is 43.2 Å². The van der Waals surface area contributed by atoms with Crippen molar-refractivity contribution in [1.82, 2.24) is 4.90 Å². The summed E-state index contributed by atoms with van der Waals surface area (Å²) in [4.78, 5) is 13.7. The Hall–Kier alpha value is -1.26. The van der Waals surface area contributed by atoms with E-state index < -0.39 is 0 Å². The first-order valence-electron chi connectivity index (χ1n) is 6.97. The van der Waals surface area contributed by atoms with Gasteiger partial charge in [-0.2, -0.15) is 0 Å². The molecule has 0 unspecified atom stereocenters. The van der Waals surface area contributed by atoms with Gasteiger partial charge in [0, 0.05) is 12.6 Å². The molecule has 110 valence electrons. The highest BCUT2D eigenvalue weighted by Gasteiger charge is 2.30. The van der Waals surface area contributed by atoms with Crippen LogP contribution in [0.25, 0.3) is 0 Å². The van der Waals surface area contributed by atoms with Crippen LogP contribution < -0.4 is 4.74 Å². The summed E-state index contributed by atoms with van der Waals surface area (Å²) in [6, 6.07) is 7.89. The molecule has 0 heterocycles. The maximum Gasteiger partial charge on any atom is 0.320 e. The maximum atomic E-state index is 11.5. The number of para-hydroxylation sites is 1. The van der Waals surface area contributed by atoms with E-state index in [4.69, 9.17) is 21.1 Å². The Morgan fingerprint density at radius 1 is 1.40 bits per heavy atom. The van der Waals surface area contributed by atoms with E-state index in [1.807, 2.05) is 25.1 Å². The molecule has 20 heavy (non-hydrogen) atoms. The molecular weight excluding hydrogens is 278 g/mol. The summed E-state index contributed by atoms with van der Waals surface area (Å²) >= 11 is 6.03. The fourth-order valence-corrected chi connectivity index (χ4v) is 2.23. The van der Waals surface area contributed by atoms with Crippen molar-refractivity contribution in [2.75, 3.05) is 26.3 Å². The number of carbonyl (C=O) groups is 1. The fourth-order valence-electron chi connectivity index (χ4n) is 2.04. The van der Waals surface area contributed by atoms with Gasteiger partial charge in [-0.1, -0.05) is 23.7 Å². The number of benzene rings is 1. The number of hydrogen-bond acceptors (Lipinski definition) is 4. The Kier molecular flexibility index (Phi) is 5.68. The molecule has 0 amide bonds. The van der Waals surface area contributed by atoms with Crippen LogP contribution in [0.1, 0.15) is 19.8 Å². The van der Waals surface area contributed by atoms with Crippen molar-refractivity contribution in [3.05, 3.63) is 29.3 Å². The zero-order valence-electron chi connectivity index (χ0n) is 11.7. The molecule has 1 aromatic rings. The molecular formula is C15H20ClNO3. The lowest BCUT2D eigenvalue weighted by atomic mass is 10.3. The number of esters is 1. The predicted molar refractivity (Wildman–Crippen MR) is 78.2 cm³/mol. The Labute approximate surface area is 124 Å². The van der Waals surface area contributed by atoms with Crippen LogP contribution in [0.2, 0.25) is 5.02 Å². The molecule has 0 bridgehead atoms. The van der Waals surface area contributed by atoms with E-state index >= 15 is 0 Å². The molecule has 0 atom stereocenters. The van der Waals surface area contributed by atoms with Gasteiger partial charge in [-0.15, -0.1) is 0 Å². The van der Waals surface area contributed by atoms with Gasteiger partial charge in [0.1, 0.15) is 12.4 Å². The molecule has 1 aromatic carbocycles. The Balaban J connectivity index is 1.78. The molecule has 0 aliphatic heterocycles. The third-order valence-electron chi connectivity index (χ3n) is 3.17. The highest BCUT2D eigenvalue weighted by Crippen LogP contribution is 2.27. The van der Waals surface area contributed by atoms with Crippen molar-refractivity contribution in [2.24, 2.45) is 0 Å². The number of rotatable bonds is 8. The number of halogens is 1. The highest BCUT2D eigenvalue weighted by atomic mass is 35.5. The average Bonchev–Trinajstić information content (AvgIpc) is 3.24. The smallest absolute Gasteiger partial charge is 0.320 e. The van der Waals surface area contributed by atoms with Gasteiger partial charge in [0.25, 0.3) is 0 Å². The second-order valence-corrected chi connectivity index (χ2v) is 5.19. The van der Waals surface area contributed by atoms with Crippen LogP contribution in [0.3, 0.4) is 0 Å². The monoisotopic (exact) mass is 297 g/mol. The normalized spacial score (nSPS) is 14.3. The minimum atomic E-state index is -0.169. The minimum absolute atomic E-state index is 0.169. The van der Waals surface area contributed by atoms with E-state index in [1.165, 1.54) is 0 Å². The minimum Gasteiger partial charge on any atom is -0.491 e. The van der Waals surface area contributed by atoms with Crippen molar-refractivity contribution in [3.63, 3.8) is 0 Å². The van der Waals surface area contributed by atoms with Crippen LogP contribution in [0, 0.1) is 0 Å². The van der Waals surface area contributed by atoms with E-state index in [1.54, 1.807) is 6.07 Å². The molecule has 1 saturated carbocycles. The number of carbonyl (C=O) groups excluding carboxylic acids is 1. The first-order chi connectivity index (χ1) is 9.70. The van der Waals surface area contributed by atoms with E-state index in [0.717, 1.165) is 12.8 Å². The molecule has 2 rings (SSSR count). The average molecular weight is 298 g/mol. The second kappa shape index (κ2) is 7.50. The van der Waals surface area contributed by atoms with Gasteiger partial charge < -0.3 is 9.47 Å². The lowest BCUT2D eigenvalue weighted by Gasteiger charge is -2.21. The predicted octanol–water partition coefficient (Wildman–Crippen LogP) is 2.75. The Bertz CT molecular complexity index is 448. The van der Waals surface area contributed by atoms with Gasteiger partial charge in [-0.25, -0.2) is 0 Å². The molecule has 1 aliphatic carbocycles. The van der Waals surface area contributed by atoms with Gasteiger partial charge in [-0.05, 0) is 31.9 Å². The van der Waals surface area contributed by atoms with E-state index in [0.29, 0.717) is 43.1 Å². The molecule has 0 saturated heterocycles. The number of hydrogen-bond donors (Lipinski definition) is 0. The molecule has 4 nitrogen and oxygen atoms in total. The topological polar surface area (TPSA) is 38.8 Å². The van der Waals surface area contributed by atoms with Gasteiger partial charge in [0.05, 0.1) is 18.2 Å². The molecule has 1 aliphatic rings. The van der Waals surface area contributed by atoms with Gasteiger partial charge in [-0.3, -0.25) is 9.69 Å². The van der Waals surface area contributed by atoms with Crippen LogP contribution in [0.4, 0.5) is 0 Å². The number of nitrogens with zero attached hydrogens (tertiary/aromatic N) is 1. The molecule has 0 radical (unpaired) electrons. The van der Waals surface area contributed by atoms with Crippen LogP contribution in [-0.2, 0) is 9.53 Å². The van der Waals surface area contributed by atoms with Crippen LogP contribution in [0.5, 0.6) is 5.75 Å². The third kappa shape index (κ3) is 4.69. The maximum absolute atomic E-state index is 11.5. The van der Waals surface area contributed by atoms with E-state index in [9.17, 15) is 4.79 Å². The lowest BCUT2D eigenvalue weighted by molar-refractivity contribution is -0.144. The van der Waals surface area contributed by atoms with Crippen LogP contribution >= 0.6 is 11.6 Å². The molecule has 0 N–H and O–H groups in total. The standard InChI is InChI=1S/C15H20ClNO3/c1-2-19-15(18)11-17(12-7-8-12)9-10-20-14-6-4-3-5-13(14)16/h3-6,12H,2,7-11H2,1H3. The lowest BCUT2D eigenvalue weighted by Crippen LogP contribution is -2.36. The quantitative estimate of drug-likeness (QED) is 0.692. The molecule has 0 spiro atoms. The first kappa shape index (κ1) is 15.1. The van der Waals surface area contributed by atoms with E-state index in [2.05, 4.69) is 4.90 Å². The van der Waals surface area contributed by atoms with E-state index in [-0.39, 0.29) is 5.97 Å². The summed E-state index contributed by atoms with van der Waals surface area (Å²) in [5, 5.41) is 0.607. The van der Waals surface area contributed by atoms with Gasteiger partial charge in [0.2, 0.25) is 0 Å². The van der Waals surface area contributed by atoms with Crippen molar-refractivity contribution in [1.29, 1.82) is 0 Å². The molecule has 0 aromatic heterocycles. The largest absolute Gasteiger partial charge is 0.491 e. The van der Waals surface area contributed by atoms with Gasteiger partial charge >= 0.3 is 5.97 Å². The molecule has 1 fully saturated rings. The van der Waals surface area contributed by atoms with Gasteiger partial charge in [0.15, 0.2) is 0 Å². The summed E-state index contributed by atoms with van der Waals surface area (Å²) in [6.07, 6.45) is 2.29. The van der Waals surface area contributed by atoms with Crippen LogP contribution in [0.15, 0.2) is 24.3 Å². The Morgan fingerprint density at radius 3 is 2.80 bits per heavy atom. The fraction of sp³-hybridized carbons (Fsp3) is 0.533. The van der Waals surface area contributed by atoms with Crippen molar-refractivity contribution >= 4 is 17.6 Å². The summed E-state index contributed by atoms with van der Waals surface area (Å²) in [6.45, 7) is 3.80. The first-order valence-corrected chi connectivity index (χ1v) is 7.35. The third-order valence-corrected chi connectivity index (χ3v) is 3.49. The van der Waals surface area contributed by atoms with Crippen molar-refractivity contribution in [2.45, 2.75) is 25.8 Å². The van der Waals surface area contributed by atoms with Crippen molar-refractivity contribution in [3.8, 4) is 5.75 Å². The highest BCUT2D eigenvalue weighted by molar-refractivity contribution is 6.32. The summed E-state index contributed by atoms with van der Waals surface area (Å²) in [5.41, 5.74) is 0. The SMILES string of the molecule is CCOC(=O)CN(CCOc1ccccc1Cl)C1CC1. The zero-order chi connectivity index (χ0) is 14.4. The van der Waals surface area contributed by atoms with Crippen molar-refractivity contribution < 1.29 is 14.3 Å². The molecule has 5 heteroatoms. The summed E-state index contributed by atoms with van der Waals surface area (Å²) in [7, 11) is 0. The zero-order valence-corrected chi connectivity index (χ0v) is 12.4. The Morgan fingerprint density at radius 2 is 2.15 bits per heavy atom.